The summed E-state index contributed by atoms with van der Waals surface area (Å²) in [6.07, 6.45) is 3.63. The van der Waals surface area contributed by atoms with Gasteiger partial charge in [-0.2, -0.15) is 4.98 Å². The predicted molar refractivity (Wildman–Crippen MR) is 95.9 cm³/mol. The normalized spacial score (nSPS) is 10.6. The van der Waals surface area contributed by atoms with Crippen molar-refractivity contribution in [3.05, 3.63) is 70.2 Å². The first-order valence-electron chi connectivity index (χ1n) is 7.36. The van der Waals surface area contributed by atoms with E-state index in [1.54, 1.807) is 12.3 Å². The van der Waals surface area contributed by atoms with E-state index < -0.39 is 0 Å². The summed E-state index contributed by atoms with van der Waals surface area (Å²) in [7, 11) is 1.81. The SMILES string of the molecule is CNc1cccc(OCc2nccn2Cc2cc(Cl)cc(Cl)c2)n1. The molecular weight excluding hydrogens is 347 g/mol. The second-order valence-corrected chi connectivity index (χ2v) is 6.02. The van der Waals surface area contributed by atoms with Gasteiger partial charge in [-0.25, -0.2) is 4.98 Å². The van der Waals surface area contributed by atoms with Gasteiger partial charge in [0, 0.05) is 42.1 Å². The molecule has 3 rings (SSSR count). The van der Waals surface area contributed by atoms with Crippen LogP contribution < -0.4 is 10.1 Å². The molecule has 0 saturated heterocycles. The Morgan fingerprint density at radius 2 is 1.96 bits per heavy atom. The zero-order chi connectivity index (χ0) is 16.9. The summed E-state index contributed by atoms with van der Waals surface area (Å²) < 4.78 is 7.72. The number of ether oxygens (including phenoxy) is 1. The molecule has 0 amide bonds. The van der Waals surface area contributed by atoms with Crippen LogP contribution in [-0.4, -0.2) is 21.6 Å². The average Bonchev–Trinajstić information content (AvgIpc) is 2.99. The van der Waals surface area contributed by atoms with Crippen molar-refractivity contribution in [2.45, 2.75) is 13.2 Å². The molecule has 3 aromatic rings. The smallest absolute Gasteiger partial charge is 0.215 e. The lowest BCUT2D eigenvalue weighted by atomic mass is 10.2. The summed E-state index contributed by atoms with van der Waals surface area (Å²) in [4.78, 5) is 8.67. The molecule has 5 nitrogen and oxygen atoms in total. The number of halogens is 2. The molecule has 1 N–H and O–H groups in total. The number of aromatic nitrogens is 3. The second kappa shape index (κ2) is 7.55. The lowest BCUT2D eigenvalue weighted by Crippen LogP contribution is -2.08. The zero-order valence-corrected chi connectivity index (χ0v) is 14.6. The lowest BCUT2D eigenvalue weighted by molar-refractivity contribution is 0.279. The Morgan fingerprint density at radius 3 is 2.71 bits per heavy atom. The van der Waals surface area contributed by atoms with E-state index in [2.05, 4.69) is 15.3 Å². The van der Waals surface area contributed by atoms with E-state index in [9.17, 15) is 0 Å². The van der Waals surface area contributed by atoms with Crippen LogP contribution >= 0.6 is 23.2 Å². The average molecular weight is 363 g/mol. The fourth-order valence-corrected chi connectivity index (χ4v) is 2.87. The van der Waals surface area contributed by atoms with Crippen molar-refractivity contribution >= 4 is 29.0 Å². The lowest BCUT2D eigenvalue weighted by Gasteiger charge is -2.10. The minimum Gasteiger partial charge on any atom is -0.469 e. The van der Waals surface area contributed by atoms with Crippen LogP contribution in [0.4, 0.5) is 5.82 Å². The highest BCUT2D eigenvalue weighted by Gasteiger charge is 2.07. The van der Waals surface area contributed by atoms with Crippen molar-refractivity contribution < 1.29 is 4.74 Å². The van der Waals surface area contributed by atoms with E-state index in [4.69, 9.17) is 27.9 Å². The topological polar surface area (TPSA) is 52.0 Å². The van der Waals surface area contributed by atoms with Crippen LogP contribution in [0.2, 0.25) is 10.0 Å². The first-order valence-corrected chi connectivity index (χ1v) is 8.12. The van der Waals surface area contributed by atoms with Gasteiger partial charge in [0.15, 0.2) is 0 Å². The molecule has 24 heavy (non-hydrogen) atoms. The molecule has 0 atom stereocenters. The first-order chi connectivity index (χ1) is 11.6. The molecule has 0 unspecified atom stereocenters. The maximum Gasteiger partial charge on any atom is 0.215 e. The van der Waals surface area contributed by atoms with Gasteiger partial charge in [0.1, 0.15) is 18.2 Å². The second-order valence-electron chi connectivity index (χ2n) is 5.15. The maximum absolute atomic E-state index is 6.05. The molecule has 1 aromatic carbocycles. The van der Waals surface area contributed by atoms with Crippen molar-refractivity contribution in [1.29, 1.82) is 0 Å². The minimum absolute atomic E-state index is 0.321. The third-order valence-corrected chi connectivity index (χ3v) is 3.84. The number of pyridine rings is 1. The maximum atomic E-state index is 6.05. The van der Waals surface area contributed by atoms with E-state index in [0.29, 0.717) is 29.1 Å². The summed E-state index contributed by atoms with van der Waals surface area (Å²) in [6.45, 7) is 0.935. The van der Waals surface area contributed by atoms with Crippen LogP contribution in [0.5, 0.6) is 5.88 Å². The molecule has 0 bridgehead atoms. The highest BCUT2D eigenvalue weighted by molar-refractivity contribution is 6.34. The molecule has 7 heteroatoms. The fourth-order valence-electron chi connectivity index (χ4n) is 2.30. The molecule has 0 aliphatic rings. The molecule has 0 aliphatic carbocycles. The number of hydrogen-bond donors (Lipinski definition) is 1. The van der Waals surface area contributed by atoms with Crippen LogP contribution in [0.25, 0.3) is 0 Å². The predicted octanol–water partition coefficient (Wildman–Crippen LogP) is 4.25. The van der Waals surface area contributed by atoms with Crippen LogP contribution in [0.3, 0.4) is 0 Å². The summed E-state index contributed by atoms with van der Waals surface area (Å²) >= 11 is 12.1. The molecule has 0 fully saturated rings. The highest BCUT2D eigenvalue weighted by Crippen LogP contribution is 2.20. The molecule has 0 aliphatic heterocycles. The van der Waals surface area contributed by atoms with Crippen LogP contribution in [-0.2, 0) is 13.2 Å². The zero-order valence-electron chi connectivity index (χ0n) is 13.0. The molecular formula is C17H16Cl2N4O. The Kier molecular flexibility index (Phi) is 5.23. The van der Waals surface area contributed by atoms with E-state index in [1.165, 1.54) is 0 Å². The number of hydrogen-bond acceptors (Lipinski definition) is 4. The number of anilines is 1. The third-order valence-electron chi connectivity index (χ3n) is 3.41. The Balaban J connectivity index is 1.70. The van der Waals surface area contributed by atoms with Gasteiger partial charge in [0.25, 0.3) is 0 Å². The Morgan fingerprint density at radius 1 is 1.17 bits per heavy atom. The van der Waals surface area contributed by atoms with Gasteiger partial charge < -0.3 is 14.6 Å². The van der Waals surface area contributed by atoms with Gasteiger partial charge in [-0.3, -0.25) is 0 Å². The van der Waals surface area contributed by atoms with E-state index in [1.807, 2.05) is 48.1 Å². The molecule has 0 saturated carbocycles. The summed E-state index contributed by atoms with van der Waals surface area (Å²) in [5.74, 6) is 2.09. The first kappa shape index (κ1) is 16.6. The summed E-state index contributed by atoms with van der Waals surface area (Å²) in [5.41, 5.74) is 1.00. The van der Waals surface area contributed by atoms with Crippen LogP contribution in [0.15, 0.2) is 48.8 Å². The van der Waals surface area contributed by atoms with E-state index in [0.717, 1.165) is 17.2 Å². The summed E-state index contributed by atoms with van der Waals surface area (Å²) in [5, 5.41) is 4.21. The molecule has 0 spiro atoms. The van der Waals surface area contributed by atoms with Crippen LogP contribution in [0, 0.1) is 0 Å². The number of nitrogens with one attached hydrogen (secondary N) is 1. The number of rotatable bonds is 6. The van der Waals surface area contributed by atoms with Crippen molar-refractivity contribution in [3.8, 4) is 5.88 Å². The standard InChI is InChI=1S/C17H16Cl2N4O/c1-20-15-3-2-4-17(22-15)24-11-16-21-5-6-23(16)10-12-7-13(18)9-14(19)8-12/h2-9H,10-11H2,1H3,(H,20,22). The molecule has 0 radical (unpaired) electrons. The van der Waals surface area contributed by atoms with Crippen molar-refractivity contribution in [2.75, 3.05) is 12.4 Å². The number of nitrogens with zero attached hydrogens (tertiary/aromatic N) is 3. The molecule has 2 aromatic heterocycles. The summed E-state index contributed by atoms with van der Waals surface area (Å²) in [6, 6.07) is 11.0. The van der Waals surface area contributed by atoms with E-state index in [-0.39, 0.29) is 0 Å². The molecule has 124 valence electrons. The Bertz CT molecular complexity index is 815. The van der Waals surface area contributed by atoms with Gasteiger partial charge >= 0.3 is 0 Å². The van der Waals surface area contributed by atoms with Crippen molar-refractivity contribution in [1.82, 2.24) is 14.5 Å². The Hall–Kier alpha value is -2.24. The van der Waals surface area contributed by atoms with Gasteiger partial charge in [0.05, 0.1) is 0 Å². The van der Waals surface area contributed by atoms with Gasteiger partial charge in [0.2, 0.25) is 5.88 Å². The van der Waals surface area contributed by atoms with Crippen molar-refractivity contribution in [3.63, 3.8) is 0 Å². The number of benzene rings is 1. The van der Waals surface area contributed by atoms with Gasteiger partial charge in [-0.05, 0) is 29.8 Å². The van der Waals surface area contributed by atoms with Crippen LogP contribution in [0.1, 0.15) is 11.4 Å². The van der Waals surface area contributed by atoms with E-state index >= 15 is 0 Å². The third kappa shape index (κ3) is 4.19. The highest BCUT2D eigenvalue weighted by atomic mass is 35.5. The Labute approximate surface area is 150 Å². The quantitative estimate of drug-likeness (QED) is 0.711. The van der Waals surface area contributed by atoms with Gasteiger partial charge in [-0.1, -0.05) is 29.3 Å². The fraction of sp³-hybridized carbons (Fsp3) is 0.176. The largest absolute Gasteiger partial charge is 0.469 e. The minimum atomic E-state index is 0.321. The molecule has 2 heterocycles. The van der Waals surface area contributed by atoms with Crippen molar-refractivity contribution in [2.24, 2.45) is 0 Å². The van der Waals surface area contributed by atoms with Gasteiger partial charge in [-0.15, -0.1) is 0 Å². The monoisotopic (exact) mass is 362 g/mol. The number of imidazole rings is 1.